The van der Waals surface area contributed by atoms with Gasteiger partial charge < -0.3 is 19.7 Å². The summed E-state index contributed by atoms with van der Waals surface area (Å²) < 4.78 is 11.0. The van der Waals surface area contributed by atoms with Gasteiger partial charge in [0.2, 0.25) is 0 Å². The number of thiocarbonyl (C=S) groups is 1. The molecule has 1 aliphatic heterocycles. The lowest BCUT2D eigenvalue weighted by Crippen LogP contribution is -2.44. The van der Waals surface area contributed by atoms with Crippen molar-refractivity contribution in [1.82, 2.24) is 10.2 Å². The molecule has 0 saturated carbocycles. The Morgan fingerprint density at radius 3 is 2.65 bits per heavy atom. The zero-order chi connectivity index (χ0) is 16.4. The Kier molecular flexibility index (Phi) is 4.73. The molecule has 1 aromatic heterocycles. The third-order valence-corrected chi connectivity index (χ3v) is 5.52. The first-order valence-electron chi connectivity index (χ1n) is 7.46. The van der Waals surface area contributed by atoms with E-state index in [4.69, 9.17) is 21.7 Å². The van der Waals surface area contributed by atoms with E-state index in [1.54, 1.807) is 25.6 Å². The van der Waals surface area contributed by atoms with E-state index in [1.807, 2.05) is 7.05 Å². The van der Waals surface area contributed by atoms with Crippen LogP contribution >= 0.6 is 23.6 Å². The highest BCUT2D eigenvalue weighted by atomic mass is 32.1. The molecule has 0 unspecified atom stereocenters. The van der Waals surface area contributed by atoms with Crippen LogP contribution in [0.3, 0.4) is 0 Å². The predicted molar refractivity (Wildman–Crippen MR) is 97.8 cm³/mol. The maximum atomic E-state index is 5.53. The number of ether oxygens (including phenoxy) is 2. The van der Waals surface area contributed by atoms with Crippen molar-refractivity contribution >= 4 is 28.7 Å². The smallest absolute Gasteiger partial charge is 0.169 e. The van der Waals surface area contributed by atoms with E-state index in [0.717, 1.165) is 29.6 Å². The SMILES string of the molecule is CNC(=S)N1CCc2cc(OC)c(OC)cc2[C@H]1c1cccs1. The molecule has 3 rings (SSSR count). The molecule has 23 heavy (non-hydrogen) atoms. The molecule has 6 heteroatoms. The van der Waals surface area contributed by atoms with Gasteiger partial charge in [0.1, 0.15) is 0 Å². The normalized spacial score (nSPS) is 16.7. The van der Waals surface area contributed by atoms with E-state index in [0.29, 0.717) is 0 Å². The fourth-order valence-electron chi connectivity index (χ4n) is 3.06. The van der Waals surface area contributed by atoms with Gasteiger partial charge in [-0.25, -0.2) is 0 Å². The number of fused-ring (bicyclic) bond motifs is 1. The molecule has 0 aliphatic carbocycles. The minimum atomic E-state index is 0.110. The van der Waals surface area contributed by atoms with Crippen LogP contribution in [-0.2, 0) is 6.42 Å². The highest BCUT2D eigenvalue weighted by molar-refractivity contribution is 7.80. The first-order chi connectivity index (χ1) is 11.2. The molecule has 1 aromatic carbocycles. The lowest BCUT2D eigenvalue weighted by Gasteiger charge is -2.38. The van der Waals surface area contributed by atoms with Crippen molar-refractivity contribution in [3.63, 3.8) is 0 Å². The molecule has 122 valence electrons. The fourth-order valence-corrected chi connectivity index (χ4v) is 4.11. The highest BCUT2D eigenvalue weighted by Crippen LogP contribution is 2.42. The second kappa shape index (κ2) is 6.76. The van der Waals surface area contributed by atoms with Crippen molar-refractivity contribution in [2.45, 2.75) is 12.5 Å². The van der Waals surface area contributed by atoms with Crippen LogP contribution in [0.2, 0.25) is 0 Å². The second-order valence-corrected chi connectivity index (χ2v) is 6.69. The third kappa shape index (κ3) is 2.88. The van der Waals surface area contributed by atoms with E-state index >= 15 is 0 Å². The molecule has 1 N–H and O–H groups in total. The van der Waals surface area contributed by atoms with Gasteiger partial charge in [-0.3, -0.25) is 0 Å². The van der Waals surface area contributed by atoms with Gasteiger partial charge in [-0.05, 0) is 53.3 Å². The van der Waals surface area contributed by atoms with Crippen molar-refractivity contribution in [2.75, 3.05) is 27.8 Å². The largest absolute Gasteiger partial charge is 0.493 e. The number of hydrogen-bond donors (Lipinski definition) is 1. The quantitative estimate of drug-likeness (QED) is 0.862. The number of hydrogen-bond acceptors (Lipinski definition) is 4. The van der Waals surface area contributed by atoms with E-state index in [2.05, 4.69) is 39.9 Å². The Morgan fingerprint density at radius 1 is 1.30 bits per heavy atom. The Labute approximate surface area is 146 Å². The van der Waals surface area contributed by atoms with Gasteiger partial charge in [0.05, 0.1) is 20.3 Å². The number of rotatable bonds is 3. The number of methoxy groups -OCH3 is 2. The summed E-state index contributed by atoms with van der Waals surface area (Å²) >= 11 is 7.28. The van der Waals surface area contributed by atoms with Crippen molar-refractivity contribution in [1.29, 1.82) is 0 Å². The van der Waals surface area contributed by atoms with Crippen LogP contribution in [0, 0.1) is 0 Å². The summed E-state index contributed by atoms with van der Waals surface area (Å²) in [6.07, 6.45) is 0.930. The van der Waals surface area contributed by atoms with E-state index < -0.39 is 0 Å². The molecular weight excluding hydrogens is 328 g/mol. The van der Waals surface area contributed by atoms with Gasteiger partial charge in [0, 0.05) is 18.5 Å². The fraction of sp³-hybridized carbons (Fsp3) is 0.353. The lowest BCUT2D eigenvalue weighted by atomic mass is 9.91. The molecule has 2 heterocycles. The van der Waals surface area contributed by atoms with Crippen LogP contribution in [0.4, 0.5) is 0 Å². The van der Waals surface area contributed by atoms with Gasteiger partial charge >= 0.3 is 0 Å². The number of nitrogens with zero attached hydrogens (tertiary/aromatic N) is 1. The molecule has 0 amide bonds. The third-order valence-electron chi connectivity index (χ3n) is 4.16. The summed E-state index contributed by atoms with van der Waals surface area (Å²) in [5.41, 5.74) is 2.52. The summed E-state index contributed by atoms with van der Waals surface area (Å²) in [7, 11) is 5.22. The molecular formula is C17H20N2O2S2. The van der Waals surface area contributed by atoms with Gasteiger partial charge in [0.15, 0.2) is 16.6 Å². The summed E-state index contributed by atoms with van der Waals surface area (Å²) in [5, 5.41) is 5.98. The zero-order valence-corrected chi connectivity index (χ0v) is 15.1. The van der Waals surface area contributed by atoms with Gasteiger partial charge in [-0.1, -0.05) is 6.07 Å². The number of nitrogens with one attached hydrogen (secondary N) is 1. The number of thiophene rings is 1. The predicted octanol–water partition coefficient (Wildman–Crippen LogP) is 3.22. The molecule has 1 atom stereocenters. The molecule has 4 nitrogen and oxygen atoms in total. The first kappa shape index (κ1) is 16.1. The van der Waals surface area contributed by atoms with Crippen LogP contribution in [0.1, 0.15) is 22.0 Å². The minimum absolute atomic E-state index is 0.110. The molecule has 0 saturated heterocycles. The zero-order valence-electron chi connectivity index (χ0n) is 13.5. The summed E-state index contributed by atoms with van der Waals surface area (Å²) in [5.74, 6) is 1.53. The van der Waals surface area contributed by atoms with E-state index in [9.17, 15) is 0 Å². The van der Waals surface area contributed by atoms with E-state index in [-0.39, 0.29) is 6.04 Å². The van der Waals surface area contributed by atoms with Gasteiger partial charge in [-0.2, -0.15) is 0 Å². The van der Waals surface area contributed by atoms with Crippen LogP contribution in [0.25, 0.3) is 0 Å². The average molecular weight is 348 g/mol. The standard InChI is InChI=1S/C17H20N2O2S2/c1-18-17(22)19-7-6-11-9-13(20-2)14(21-3)10-12(11)16(19)15-5-4-8-23-15/h4-5,8-10,16H,6-7H2,1-3H3,(H,18,22)/t16-/m0/s1. The van der Waals surface area contributed by atoms with Crippen LogP contribution in [0.5, 0.6) is 11.5 Å². The number of benzene rings is 1. The molecule has 1 aliphatic rings. The van der Waals surface area contributed by atoms with Crippen molar-refractivity contribution in [3.05, 3.63) is 45.6 Å². The van der Waals surface area contributed by atoms with Crippen LogP contribution in [0.15, 0.2) is 29.6 Å². The molecule has 0 fully saturated rings. The first-order valence-corrected chi connectivity index (χ1v) is 8.75. The Hall–Kier alpha value is -1.79. The van der Waals surface area contributed by atoms with Crippen LogP contribution < -0.4 is 14.8 Å². The summed E-state index contributed by atoms with van der Waals surface area (Å²) in [6, 6.07) is 8.53. The Morgan fingerprint density at radius 2 is 2.04 bits per heavy atom. The Bertz CT molecular complexity index is 701. The van der Waals surface area contributed by atoms with Gasteiger partial charge in [0.25, 0.3) is 0 Å². The Balaban J connectivity index is 2.14. The highest BCUT2D eigenvalue weighted by Gasteiger charge is 2.32. The molecule has 2 aromatic rings. The summed E-state index contributed by atoms with van der Waals surface area (Å²) in [6.45, 7) is 0.880. The molecule has 0 bridgehead atoms. The molecule has 0 radical (unpaired) electrons. The van der Waals surface area contributed by atoms with Crippen molar-refractivity contribution in [2.24, 2.45) is 0 Å². The maximum Gasteiger partial charge on any atom is 0.169 e. The molecule has 0 spiro atoms. The van der Waals surface area contributed by atoms with E-state index in [1.165, 1.54) is 16.0 Å². The van der Waals surface area contributed by atoms with Crippen molar-refractivity contribution in [3.8, 4) is 11.5 Å². The monoisotopic (exact) mass is 348 g/mol. The minimum Gasteiger partial charge on any atom is -0.493 e. The summed E-state index contributed by atoms with van der Waals surface area (Å²) in [4.78, 5) is 3.52. The van der Waals surface area contributed by atoms with Crippen molar-refractivity contribution < 1.29 is 9.47 Å². The topological polar surface area (TPSA) is 33.7 Å². The lowest BCUT2D eigenvalue weighted by molar-refractivity contribution is 0.328. The van der Waals surface area contributed by atoms with Crippen LogP contribution in [-0.4, -0.2) is 37.8 Å². The average Bonchev–Trinajstić information content (AvgIpc) is 3.12. The van der Waals surface area contributed by atoms with Gasteiger partial charge in [-0.15, -0.1) is 11.3 Å². The maximum absolute atomic E-state index is 5.53. The second-order valence-electron chi connectivity index (χ2n) is 5.32.